The summed E-state index contributed by atoms with van der Waals surface area (Å²) in [6.45, 7) is 3.10. The van der Waals surface area contributed by atoms with Crippen molar-refractivity contribution < 1.29 is 14.3 Å². The topological polar surface area (TPSA) is 69.4 Å². The van der Waals surface area contributed by atoms with Gasteiger partial charge in [0.1, 0.15) is 0 Å². The van der Waals surface area contributed by atoms with Crippen LogP contribution in [0.25, 0.3) is 0 Å². The molecule has 4 nitrogen and oxygen atoms in total. The Morgan fingerprint density at radius 1 is 1.55 bits per heavy atom. The Morgan fingerprint density at radius 3 is 2.45 bits per heavy atom. The zero-order valence-corrected chi connectivity index (χ0v) is 6.79. The van der Waals surface area contributed by atoms with E-state index in [4.69, 9.17) is 5.73 Å². The number of ketones is 1. The molecule has 0 fully saturated rings. The van der Waals surface area contributed by atoms with Crippen molar-refractivity contribution in [3.8, 4) is 0 Å². The van der Waals surface area contributed by atoms with Crippen LogP contribution in [-0.2, 0) is 14.3 Å². The van der Waals surface area contributed by atoms with E-state index >= 15 is 0 Å². The standard InChI is InChI=1S/C7H13NO3/c1-3-7(10)11-5(2)6(9)4-8/h5H,3-4,8H2,1-2H3. The van der Waals surface area contributed by atoms with Crippen molar-refractivity contribution in [1.82, 2.24) is 0 Å². The van der Waals surface area contributed by atoms with E-state index in [1.54, 1.807) is 6.92 Å². The Balaban J connectivity index is 3.77. The van der Waals surface area contributed by atoms with Gasteiger partial charge in [-0.1, -0.05) is 6.92 Å². The second-order valence-electron chi connectivity index (χ2n) is 2.16. The fourth-order valence-electron chi connectivity index (χ4n) is 0.512. The average molecular weight is 159 g/mol. The lowest BCUT2D eigenvalue weighted by Crippen LogP contribution is -2.29. The summed E-state index contributed by atoms with van der Waals surface area (Å²) in [5.74, 6) is -0.633. The van der Waals surface area contributed by atoms with Crippen LogP contribution in [0.1, 0.15) is 20.3 Å². The maximum atomic E-state index is 10.8. The predicted molar refractivity (Wildman–Crippen MR) is 39.9 cm³/mol. The minimum atomic E-state index is -0.701. The number of hydrogen-bond donors (Lipinski definition) is 1. The van der Waals surface area contributed by atoms with Gasteiger partial charge in [-0.15, -0.1) is 0 Å². The molecular formula is C7H13NO3. The highest BCUT2D eigenvalue weighted by atomic mass is 16.5. The van der Waals surface area contributed by atoms with E-state index in [2.05, 4.69) is 4.74 Å². The van der Waals surface area contributed by atoms with E-state index in [0.29, 0.717) is 0 Å². The predicted octanol–water partition coefficient (Wildman–Crippen LogP) is -0.144. The van der Waals surface area contributed by atoms with Crippen molar-refractivity contribution in [3.63, 3.8) is 0 Å². The number of ether oxygens (including phenoxy) is 1. The SMILES string of the molecule is CCC(=O)OC(C)C(=O)CN. The Morgan fingerprint density at radius 2 is 2.09 bits per heavy atom. The third-order valence-corrected chi connectivity index (χ3v) is 1.25. The van der Waals surface area contributed by atoms with Gasteiger partial charge in [0.25, 0.3) is 0 Å². The highest BCUT2D eigenvalue weighted by Crippen LogP contribution is 1.94. The van der Waals surface area contributed by atoms with Crippen LogP contribution in [0.4, 0.5) is 0 Å². The summed E-state index contributed by atoms with van der Waals surface area (Å²) in [6.07, 6.45) is -0.421. The summed E-state index contributed by atoms with van der Waals surface area (Å²) in [6, 6.07) is 0. The molecule has 64 valence electrons. The van der Waals surface area contributed by atoms with Crippen LogP contribution in [0.15, 0.2) is 0 Å². The molecule has 1 atom stereocenters. The smallest absolute Gasteiger partial charge is 0.306 e. The first-order valence-electron chi connectivity index (χ1n) is 3.54. The summed E-state index contributed by atoms with van der Waals surface area (Å²) < 4.78 is 4.68. The van der Waals surface area contributed by atoms with Gasteiger partial charge in [0.2, 0.25) is 0 Å². The molecule has 0 aliphatic carbocycles. The highest BCUT2D eigenvalue weighted by molar-refractivity contribution is 5.86. The van der Waals surface area contributed by atoms with E-state index in [1.807, 2.05) is 0 Å². The van der Waals surface area contributed by atoms with Crippen molar-refractivity contribution in [2.45, 2.75) is 26.4 Å². The number of carbonyl (C=O) groups is 2. The number of rotatable bonds is 4. The minimum absolute atomic E-state index is 0.0852. The monoisotopic (exact) mass is 159 g/mol. The molecule has 1 unspecified atom stereocenters. The van der Waals surface area contributed by atoms with Gasteiger partial charge in [0.05, 0.1) is 6.54 Å². The maximum Gasteiger partial charge on any atom is 0.306 e. The molecule has 0 aromatic heterocycles. The molecule has 0 saturated carbocycles. The van der Waals surface area contributed by atoms with Crippen molar-refractivity contribution in [2.24, 2.45) is 5.73 Å². The van der Waals surface area contributed by atoms with Gasteiger partial charge in [-0.25, -0.2) is 0 Å². The van der Waals surface area contributed by atoms with E-state index in [9.17, 15) is 9.59 Å². The Bertz CT molecular complexity index is 156. The van der Waals surface area contributed by atoms with E-state index in [-0.39, 0.29) is 24.7 Å². The molecule has 0 amide bonds. The number of hydrogen-bond acceptors (Lipinski definition) is 4. The lowest BCUT2D eigenvalue weighted by molar-refractivity contribution is -0.153. The van der Waals surface area contributed by atoms with Crippen LogP contribution < -0.4 is 5.73 Å². The first-order valence-corrected chi connectivity index (χ1v) is 3.54. The highest BCUT2D eigenvalue weighted by Gasteiger charge is 2.14. The maximum absolute atomic E-state index is 10.8. The quantitative estimate of drug-likeness (QED) is 0.579. The molecule has 11 heavy (non-hydrogen) atoms. The molecule has 0 rings (SSSR count). The molecule has 2 N–H and O–H groups in total. The second-order valence-corrected chi connectivity index (χ2v) is 2.16. The fraction of sp³-hybridized carbons (Fsp3) is 0.714. The van der Waals surface area contributed by atoms with Gasteiger partial charge < -0.3 is 10.5 Å². The largest absolute Gasteiger partial charge is 0.455 e. The zero-order valence-electron chi connectivity index (χ0n) is 6.79. The molecule has 4 heteroatoms. The van der Waals surface area contributed by atoms with Crippen LogP contribution in [0, 0.1) is 0 Å². The lowest BCUT2D eigenvalue weighted by atomic mass is 10.2. The molecule has 0 aliphatic rings. The minimum Gasteiger partial charge on any atom is -0.455 e. The molecular weight excluding hydrogens is 146 g/mol. The van der Waals surface area contributed by atoms with Crippen LogP contribution in [0.2, 0.25) is 0 Å². The second kappa shape index (κ2) is 4.85. The van der Waals surface area contributed by atoms with Gasteiger partial charge >= 0.3 is 5.97 Å². The first kappa shape index (κ1) is 10.1. The summed E-state index contributed by atoms with van der Waals surface area (Å²) in [5.41, 5.74) is 5.05. The van der Waals surface area contributed by atoms with E-state index < -0.39 is 6.10 Å². The Hall–Kier alpha value is -0.900. The molecule has 0 aromatic carbocycles. The number of Topliss-reactive ketones (excluding diaryl/α,β-unsaturated/α-hetero) is 1. The molecule has 0 aliphatic heterocycles. The molecule has 0 heterocycles. The van der Waals surface area contributed by atoms with Crippen LogP contribution in [-0.4, -0.2) is 24.4 Å². The Labute approximate surface area is 65.7 Å². The summed E-state index contributed by atoms with van der Waals surface area (Å²) in [4.78, 5) is 21.4. The van der Waals surface area contributed by atoms with Crippen LogP contribution >= 0.6 is 0 Å². The van der Waals surface area contributed by atoms with Gasteiger partial charge in [0.15, 0.2) is 11.9 Å². The average Bonchev–Trinajstić information content (AvgIpc) is 2.02. The summed E-state index contributed by atoms with van der Waals surface area (Å²) in [7, 11) is 0. The normalized spacial score (nSPS) is 12.3. The van der Waals surface area contributed by atoms with Crippen LogP contribution in [0.5, 0.6) is 0 Å². The van der Waals surface area contributed by atoms with Gasteiger partial charge in [-0.2, -0.15) is 0 Å². The fourth-order valence-corrected chi connectivity index (χ4v) is 0.512. The van der Waals surface area contributed by atoms with Crippen molar-refractivity contribution >= 4 is 11.8 Å². The number of esters is 1. The summed E-state index contributed by atoms with van der Waals surface area (Å²) >= 11 is 0. The Kier molecular flexibility index (Phi) is 4.45. The molecule has 0 aromatic rings. The van der Waals surface area contributed by atoms with Crippen molar-refractivity contribution in [3.05, 3.63) is 0 Å². The molecule has 0 radical (unpaired) electrons. The number of nitrogens with two attached hydrogens (primary N) is 1. The van der Waals surface area contributed by atoms with Gasteiger partial charge in [-0.3, -0.25) is 9.59 Å². The van der Waals surface area contributed by atoms with Crippen molar-refractivity contribution in [1.29, 1.82) is 0 Å². The molecule has 0 bridgehead atoms. The zero-order chi connectivity index (χ0) is 8.85. The van der Waals surface area contributed by atoms with E-state index in [0.717, 1.165) is 0 Å². The van der Waals surface area contributed by atoms with Crippen molar-refractivity contribution in [2.75, 3.05) is 6.54 Å². The third-order valence-electron chi connectivity index (χ3n) is 1.25. The first-order chi connectivity index (χ1) is 5.11. The van der Waals surface area contributed by atoms with Gasteiger partial charge in [0, 0.05) is 6.42 Å². The van der Waals surface area contributed by atoms with Crippen LogP contribution in [0.3, 0.4) is 0 Å². The third kappa shape index (κ3) is 3.72. The molecule has 0 spiro atoms. The molecule has 0 saturated heterocycles. The van der Waals surface area contributed by atoms with E-state index in [1.165, 1.54) is 6.92 Å². The summed E-state index contributed by atoms with van der Waals surface area (Å²) in [5, 5.41) is 0. The lowest BCUT2D eigenvalue weighted by Gasteiger charge is -2.09. The number of carbonyl (C=O) groups excluding carboxylic acids is 2. The van der Waals surface area contributed by atoms with Gasteiger partial charge in [-0.05, 0) is 6.92 Å².